The van der Waals surface area contributed by atoms with Crippen molar-refractivity contribution >= 4 is 46.0 Å². The highest BCUT2D eigenvalue weighted by atomic mass is 35.5. The third-order valence-corrected chi connectivity index (χ3v) is 6.42. The zero-order valence-corrected chi connectivity index (χ0v) is 21.5. The Labute approximate surface area is 221 Å². The molecule has 0 unspecified atom stereocenters. The molecule has 0 bridgehead atoms. The number of fused-ring (bicyclic) bond motifs is 1. The molecule has 0 radical (unpaired) electrons. The predicted octanol–water partition coefficient (Wildman–Crippen LogP) is 5.90. The van der Waals surface area contributed by atoms with Crippen molar-refractivity contribution in [3.05, 3.63) is 52.8 Å². The van der Waals surface area contributed by atoms with E-state index in [1.54, 1.807) is 12.1 Å². The van der Waals surface area contributed by atoms with Gasteiger partial charge in [0.25, 0.3) is 0 Å². The van der Waals surface area contributed by atoms with Crippen LogP contribution < -0.4 is 15.0 Å². The number of aromatic nitrogens is 5. The lowest BCUT2D eigenvalue weighted by molar-refractivity contribution is -0.146. The summed E-state index contributed by atoms with van der Waals surface area (Å²) in [6.45, 7) is 4.16. The molecule has 3 N–H and O–H groups in total. The molecule has 4 aromatic rings. The SMILES string of the molecule is C/C=C/c1cc(Nc2cc(N3CCN(CC(F)(F)F)CC3)nc(Oc3ccc4[nH]c(C)cc4c3Cl)n2)n[nH]1. The average Bonchev–Trinajstić information content (AvgIpc) is 3.46. The second kappa shape index (κ2) is 10.5. The van der Waals surface area contributed by atoms with Crippen molar-refractivity contribution < 1.29 is 17.9 Å². The van der Waals surface area contributed by atoms with Crippen LogP contribution in [-0.4, -0.2) is 68.9 Å². The lowest BCUT2D eigenvalue weighted by atomic mass is 10.2. The van der Waals surface area contributed by atoms with E-state index in [-0.39, 0.29) is 19.1 Å². The van der Waals surface area contributed by atoms with Crippen LogP contribution in [0.5, 0.6) is 11.8 Å². The number of aryl methyl sites for hydroxylation is 1. The Kier molecular flexibility index (Phi) is 7.17. The highest BCUT2D eigenvalue weighted by Gasteiger charge is 2.32. The summed E-state index contributed by atoms with van der Waals surface area (Å²) < 4.78 is 44.5. The van der Waals surface area contributed by atoms with Crippen LogP contribution in [-0.2, 0) is 0 Å². The van der Waals surface area contributed by atoms with Gasteiger partial charge in [0.15, 0.2) is 5.82 Å². The van der Waals surface area contributed by atoms with Gasteiger partial charge in [0.1, 0.15) is 17.4 Å². The molecular formula is C25H26ClF3N8O. The molecule has 0 aliphatic carbocycles. The molecule has 0 spiro atoms. The Balaban J connectivity index is 1.43. The van der Waals surface area contributed by atoms with Gasteiger partial charge in [-0.25, -0.2) is 0 Å². The molecule has 0 amide bonds. The van der Waals surface area contributed by atoms with E-state index < -0.39 is 12.7 Å². The molecule has 3 aromatic heterocycles. The number of nitrogens with zero attached hydrogens (tertiary/aromatic N) is 5. The maximum atomic E-state index is 12.8. The first-order valence-corrected chi connectivity index (χ1v) is 12.4. The summed E-state index contributed by atoms with van der Waals surface area (Å²) in [5.41, 5.74) is 2.65. The minimum atomic E-state index is -4.23. The van der Waals surface area contributed by atoms with Crippen molar-refractivity contribution in [1.82, 2.24) is 30.0 Å². The van der Waals surface area contributed by atoms with E-state index in [0.717, 1.165) is 22.3 Å². The van der Waals surface area contributed by atoms with Crippen LogP contribution in [0.25, 0.3) is 17.0 Å². The van der Waals surface area contributed by atoms with Crippen LogP contribution >= 0.6 is 11.6 Å². The molecule has 5 rings (SSSR count). The van der Waals surface area contributed by atoms with Gasteiger partial charge in [-0.15, -0.1) is 0 Å². The fourth-order valence-corrected chi connectivity index (χ4v) is 4.59. The zero-order chi connectivity index (χ0) is 26.9. The van der Waals surface area contributed by atoms with E-state index in [0.29, 0.717) is 41.3 Å². The van der Waals surface area contributed by atoms with E-state index >= 15 is 0 Å². The molecule has 0 saturated carbocycles. The van der Waals surface area contributed by atoms with Crippen molar-refractivity contribution in [2.75, 3.05) is 42.9 Å². The standard InChI is InChI=1S/C25H26ClF3N8O/c1-3-4-16-12-21(35-34-16)31-20-13-22(37-9-7-36(8-10-37)14-25(27,28)29)33-24(32-20)38-19-6-5-18-17(23(19)26)11-15(2)30-18/h3-6,11-13,30H,7-10,14H2,1-2H3,(H2,31,32,33,34,35)/b4-3+. The summed E-state index contributed by atoms with van der Waals surface area (Å²) >= 11 is 6.62. The Hall–Kier alpha value is -3.77. The summed E-state index contributed by atoms with van der Waals surface area (Å²) in [5.74, 6) is 1.84. The normalized spacial score (nSPS) is 15.1. The Morgan fingerprint density at radius 1 is 1.11 bits per heavy atom. The third-order valence-electron chi connectivity index (χ3n) is 6.03. The number of alkyl halides is 3. The number of aromatic amines is 2. The Bertz CT molecular complexity index is 1460. The molecule has 1 saturated heterocycles. The third kappa shape index (κ3) is 6.03. The first-order valence-electron chi connectivity index (χ1n) is 12.0. The first kappa shape index (κ1) is 25.9. The summed E-state index contributed by atoms with van der Waals surface area (Å²) in [6, 6.07) is 9.10. The number of rotatable bonds is 7. The number of hydrogen-bond acceptors (Lipinski definition) is 7. The summed E-state index contributed by atoms with van der Waals surface area (Å²) in [7, 11) is 0. The van der Waals surface area contributed by atoms with Gasteiger partial charge in [-0.1, -0.05) is 17.7 Å². The van der Waals surface area contributed by atoms with E-state index in [4.69, 9.17) is 16.3 Å². The Morgan fingerprint density at radius 3 is 2.63 bits per heavy atom. The Morgan fingerprint density at radius 2 is 1.89 bits per heavy atom. The van der Waals surface area contributed by atoms with Gasteiger partial charge in [-0.2, -0.15) is 28.2 Å². The number of benzene rings is 1. The maximum Gasteiger partial charge on any atom is 0.401 e. The fourth-order valence-electron chi connectivity index (χ4n) is 4.34. The monoisotopic (exact) mass is 546 g/mol. The van der Waals surface area contributed by atoms with Crippen molar-refractivity contribution in [2.45, 2.75) is 20.0 Å². The van der Waals surface area contributed by atoms with Crippen molar-refractivity contribution in [2.24, 2.45) is 0 Å². The molecular weight excluding hydrogens is 521 g/mol. The van der Waals surface area contributed by atoms with Gasteiger partial charge < -0.3 is 19.9 Å². The van der Waals surface area contributed by atoms with Crippen molar-refractivity contribution in [3.63, 3.8) is 0 Å². The molecule has 1 aliphatic heterocycles. The highest BCUT2D eigenvalue weighted by Crippen LogP contribution is 2.36. The van der Waals surface area contributed by atoms with Crippen LogP contribution in [0.2, 0.25) is 5.02 Å². The second-order valence-corrected chi connectivity index (χ2v) is 9.38. The van der Waals surface area contributed by atoms with E-state index in [1.165, 1.54) is 4.90 Å². The number of anilines is 3. The second-order valence-electron chi connectivity index (χ2n) is 9.00. The molecule has 13 heteroatoms. The molecule has 1 fully saturated rings. The summed E-state index contributed by atoms with van der Waals surface area (Å²) in [6.07, 6.45) is -0.473. The van der Waals surface area contributed by atoms with E-state index in [1.807, 2.05) is 49.1 Å². The van der Waals surface area contributed by atoms with Gasteiger partial charge in [0, 0.05) is 54.9 Å². The number of nitrogens with one attached hydrogen (secondary N) is 3. The van der Waals surface area contributed by atoms with E-state index in [9.17, 15) is 13.2 Å². The lowest BCUT2D eigenvalue weighted by Gasteiger charge is -2.35. The highest BCUT2D eigenvalue weighted by molar-refractivity contribution is 6.37. The minimum absolute atomic E-state index is 0.0421. The number of H-pyrrole nitrogens is 2. The molecule has 38 heavy (non-hydrogen) atoms. The molecule has 200 valence electrons. The minimum Gasteiger partial charge on any atom is -0.423 e. The van der Waals surface area contributed by atoms with Gasteiger partial charge in [-0.05, 0) is 38.1 Å². The van der Waals surface area contributed by atoms with Gasteiger partial charge in [0.05, 0.1) is 17.3 Å². The zero-order valence-electron chi connectivity index (χ0n) is 20.7. The van der Waals surface area contributed by atoms with Crippen LogP contribution in [0.1, 0.15) is 18.3 Å². The van der Waals surface area contributed by atoms with E-state index in [2.05, 4.69) is 30.5 Å². The largest absolute Gasteiger partial charge is 0.423 e. The summed E-state index contributed by atoms with van der Waals surface area (Å²) in [4.78, 5) is 15.6. The fraction of sp³-hybridized carbons (Fsp3) is 0.320. The van der Waals surface area contributed by atoms with Crippen molar-refractivity contribution in [1.29, 1.82) is 0 Å². The molecule has 0 atom stereocenters. The van der Waals surface area contributed by atoms with Gasteiger partial charge in [-0.3, -0.25) is 10.00 Å². The smallest absolute Gasteiger partial charge is 0.401 e. The number of ether oxygens (including phenoxy) is 1. The lowest BCUT2D eigenvalue weighted by Crippen LogP contribution is -2.49. The van der Waals surface area contributed by atoms with Crippen LogP contribution in [0.15, 0.2) is 36.4 Å². The number of halogens is 4. The van der Waals surface area contributed by atoms with Crippen LogP contribution in [0.4, 0.5) is 30.6 Å². The molecule has 1 aliphatic rings. The van der Waals surface area contributed by atoms with Crippen LogP contribution in [0, 0.1) is 6.92 Å². The first-order chi connectivity index (χ1) is 18.2. The average molecular weight is 547 g/mol. The number of piperazine rings is 1. The maximum absolute atomic E-state index is 12.8. The topological polar surface area (TPSA) is 98.0 Å². The number of allylic oxidation sites excluding steroid dienone is 1. The van der Waals surface area contributed by atoms with Gasteiger partial charge >= 0.3 is 12.2 Å². The van der Waals surface area contributed by atoms with Crippen LogP contribution in [0.3, 0.4) is 0 Å². The summed E-state index contributed by atoms with van der Waals surface area (Å²) in [5, 5.41) is 11.5. The van der Waals surface area contributed by atoms with Crippen molar-refractivity contribution in [3.8, 4) is 11.8 Å². The molecule has 1 aromatic carbocycles. The molecule has 4 heterocycles. The molecule has 9 nitrogen and oxygen atoms in total. The predicted molar refractivity (Wildman–Crippen MR) is 141 cm³/mol. The van der Waals surface area contributed by atoms with Gasteiger partial charge in [0.2, 0.25) is 0 Å². The number of hydrogen-bond donors (Lipinski definition) is 3. The quantitative estimate of drug-likeness (QED) is 0.266.